The molecule has 3 aromatic rings. The van der Waals surface area contributed by atoms with E-state index in [-0.39, 0.29) is 0 Å². The van der Waals surface area contributed by atoms with E-state index >= 15 is 0 Å². The van der Waals surface area contributed by atoms with Crippen LogP contribution in [0.3, 0.4) is 0 Å². The molecule has 1 saturated heterocycles. The Balaban J connectivity index is 1.76. The van der Waals surface area contributed by atoms with Crippen molar-refractivity contribution >= 4 is 57.6 Å². The number of rotatable bonds is 5. The topological polar surface area (TPSA) is 87.7 Å². The molecule has 154 valence electrons. The molecule has 0 radical (unpaired) electrons. The van der Waals surface area contributed by atoms with E-state index in [1.54, 1.807) is 22.8 Å². The zero-order valence-electron chi connectivity index (χ0n) is 14.9. The van der Waals surface area contributed by atoms with Gasteiger partial charge in [-0.3, -0.25) is 4.57 Å². The molecule has 2 heterocycles. The van der Waals surface area contributed by atoms with Crippen molar-refractivity contribution < 1.29 is 20.1 Å². The number of aromatic nitrogens is 2. The second kappa shape index (κ2) is 8.61. The molecule has 6 nitrogen and oxygen atoms in total. The molecule has 29 heavy (non-hydrogen) atoms. The van der Waals surface area contributed by atoms with Crippen LogP contribution in [0.25, 0.3) is 11.0 Å². The first-order chi connectivity index (χ1) is 13.9. The van der Waals surface area contributed by atoms with Gasteiger partial charge in [0.05, 0.1) is 27.7 Å². The minimum atomic E-state index is -1.25. The predicted molar refractivity (Wildman–Crippen MR) is 114 cm³/mol. The first-order valence-corrected chi connectivity index (χ1v) is 10.9. The third-order valence-electron chi connectivity index (χ3n) is 4.73. The summed E-state index contributed by atoms with van der Waals surface area (Å²) >= 11 is 19.8. The summed E-state index contributed by atoms with van der Waals surface area (Å²) in [7, 11) is 0. The van der Waals surface area contributed by atoms with E-state index < -0.39 is 31.1 Å². The number of benzene rings is 2. The average molecular weight is 476 g/mol. The predicted octanol–water partition coefficient (Wildman–Crippen LogP) is 3.90. The Bertz CT molecular complexity index is 1050. The van der Waals surface area contributed by atoms with Gasteiger partial charge in [0.1, 0.15) is 18.3 Å². The first kappa shape index (κ1) is 21.2. The fourth-order valence-corrected chi connectivity index (χ4v) is 4.79. The molecule has 0 amide bonds. The summed E-state index contributed by atoms with van der Waals surface area (Å²) in [5.74, 6) is 0.570. The molecule has 4 atom stereocenters. The van der Waals surface area contributed by atoms with Crippen molar-refractivity contribution in [2.45, 2.75) is 35.4 Å². The van der Waals surface area contributed by atoms with Crippen LogP contribution in [0.2, 0.25) is 15.1 Å². The van der Waals surface area contributed by atoms with Crippen LogP contribution in [0.5, 0.6) is 0 Å². The highest BCUT2D eigenvalue weighted by atomic mass is 35.5. The smallest absolute Gasteiger partial charge is 0.171 e. The summed E-state index contributed by atoms with van der Waals surface area (Å²) in [5, 5.41) is 32.0. The molecule has 0 saturated carbocycles. The monoisotopic (exact) mass is 474 g/mol. The Morgan fingerprint density at radius 1 is 1.07 bits per heavy atom. The maximum atomic E-state index is 10.5. The second-order valence-electron chi connectivity index (χ2n) is 6.67. The summed E-state index contributed by atoms with van der Waals surface area (Å²) in [5.41, 5.74) is 2.17. The van der Waals surface area contributed by atoms with E-state index in [1.165, 1.54) is 11.8 Å². The summed E-state index contributed by atoms with van der Waals surface area (Å²) in [6.45, 7) is -0.418. The molecule has 0 aliphatic carbocycles. The van der Waals surface area contributed by atoms with Crippen LogP contribution in [0, 0.1) is 0 Å². The van der Waals surface area contributed by atoms with Crippen LogP contribution in [0.4, 0.5) is 0 Å². The van der Waals surface area contributed by atoms with Crippen molar-refractivity contribution in [3.63, 3.8) is 0 Å². The largest absolute Gasteiger partial charge is 0.394 e. The van der Waals surface area contributed by atoms with Crippen LogP contribution < -0.4 is 0 Å². The van der Waals surface area contributed by atoms with E-state index in [2.05, 4.69) is 4.98 Å². The van der Waals surface area contributed by atoms with E-state index in [0.29, 0.717) is 37.0 Å². The molecular formula is C19H17Cl3N2O4S. The number of nitrogens with zero attached hydrogens (tertiary/aromatic N) is 2. The number of thioether (sulfide) groups is 1. The molecule has 2 aromatic carbocycles. The maximum absolute atomic E-state index is 10.5. The van der Waals surface area contributed by atoms with Gasteiger partial charge in [-0.15, -0.1) is 0 Å². The van der Waals surface area contributed by atoms with E-state index in [1.807, 2.05) is 18.2 Å². The van der Waals surface area contributed by atoms with Crippen molar-refractivity contribution in [2.24, 2.45) is 0 Å². The minimum absolute atomic E-state index is 0.332. The van der Waals surface area contributed by atoms with Crippen LogP contribution in [0.1, 0.15) is 11.8 Å². The SMILES string of the molecule is OC[C@H]1OC(n2c(SCc3cccc(Cl)c3)nc3cc(Cl)c(Cl)cc32)[C@H](O)[C@@H]1O. The molecule has 1 aliphatic rings. The number of hydrogen-bond acceptors (Lipinski definition) is 6. The lowest BCUT2D eigenvalue weighted by Gasteiger charge is -2.20. The lowest BCUT2D eigenvalue weighted by atomic mass is 10.1. The Labute approximate surface area is 186 Å². The van der Waals surface area contributed by atoms with Gasteiger partial charge in [0, 0.05) is 10.8 Å². The molecule has 0 spiro atoms. The van der Waals surface area contributed by atoms with Gasteiger partial charge in [-0.1, -0.05) is 58.7 Å². The molecule has 4 rings (SSSR count). The van der Waals surface area contributed by atoms with Gasteiger partial charge < -0.3 is 20.1 Å². The minimum Gasteiger partial charge on any atom is -0.394 e. The molecular weight excluding hydrogens is 459 g/mol. The van der Waals surface area contributed by atoms with Crippen LogP contribution >= 0.6 is 46.6 Å². The Kier molecular flexibility index (Phi) is 6.30. The van der Waals surface area contributed by atoms with Crippen LogP contribution in [-0.2, 0) is 10.5 Å². The molecule has 1 unspecified atom stereocenters. The fraction of sp³-hybridized carbons (Fsp3) is 0.316. The highest BCUT2D eigenvalue weighted by Gasteiger charge is 2.44. The van der Waals surface area contributed by atoms with E-state index in [4.69, 9.17) is 39.5 Å². The highest BCUT2D eigenvalue weighted by Crippen LogP contribution is 2.39. The van der Waals surface area contributed by atoms with Crippen molar-refractivity contribution in [2.75, 3.05) is 6.61 Å². The fourth-order valence-electron chi connectivity index (χ4n) is 3.28. The van der Waals surface area contributed by atoms with Gasteiger partial charge in [-0.2, -0.15) is 0 Å². The van der Waals surface area contributed by atoms with Crippen LogP contribution in [0.15, 0.2) is 41.6 Å². The lowest BCUT2D eigenvalue weighted by Crippen LogP contribution is -2.33. The number of fused-ring (bicyclic) bond motifs is 1. The summed E-state index contributed by atoms with van der Waals surface area (Å²) in [4.78, 5) is 4.62. The van der Waals surface area contributed by atoms with E-state index in [9.17, 15) is 15.3 Å². The van der Waals surface area contributed by atoms with Gasteiger partial charge in [-0.25, -0.2) is 4.98 Å². The normalized spacial score (nSPS) is 24.5. The molecule has 1 aliphatic heterocycles. The summed E-state index contributed by atoms with van der Waals surface area (Å²) < 4.78 is 7.41. The molecule has 1 fully saturated rings. The molecule has 0 bridgehead atoms. The third-order valence-corrected chi connectivity index (χ3v) is 6.71. The van der Waals surface area contributed by atoms with Crippen LogP contribution in [-0.4, -0.2) is 49.8 Å². The van der Waals surface area contributed by atoms with Gasteiger partial charge >= 0.3 is 0 Å². The number of aliphatic hydroxyl groups is 3. The number of aliphatic hydroxyl groups excluding tert-OH is 3. The Hall–Kier alpha value is -1.03. The Morgan fingerprint density at radius 3 is 2.52 bits per heavy atom. The number of imidazole rings is 1. The first-order valence-electron chi connectivity index (χ1n) is 8.75. The zero-order chi connectivity index (χ0) is 20.7. The number of ether oxygens (including phenoxy) is 1. The maximum Gasteiger partial charge on any atom is 0.171 e. The van der Waals surface area contributed by atoms with Gasteiger partial charge in [-0.05, 0) is 29.8 Å². The molecule has 3 N–H and O–H groups in total. The van der Waals surface area contributed by atoms with Crippen molar-refractivity contribution in [1.29, 1.82) is 0 Å². The standard InChI is InChI=1S/C19H17Cl3N2O4S/c20-10-3-1-2-9(4-10)8-29-19-23-13-5-11(21)12(22)6-14(13)24(19)18-17(27)16(26)15(7-25)28-18/h1-6,15-18,25-27H,7-8H2/t15-,16-,17-,18?/m1/s1. The zero-order valence-corrected chi connectivity index (χ0v) is 18.0. The molecule has 10 heteroatoms. The second-order valence-corrected chi connectivity index (χ2v) is 8.86. The van der Waals surface area contributed by atoms with Gasteiger partial charge in [0.25, 0.3) is 0 Å². The quantitative estimate of drug-likeness (QED) is 0.485. The average Bonchev–Trinajstić information content (AvgIpc) is 3.17. The van der Waals surface area contributed by atoms with Crippen molar-refractivity contribution in [1.82, 2.24) is 9.55 Å². The number of halogens is 3. The van der Waals surface area contributed by atoms with Crippen molar-refractivity contribution in [3.05, 3.63) is 57.0 Å². The van der Waals surface area contributed by atoms with Crippen molar-refractivity contribution in [3.8, 4) is 0 Å². The van der Waals surface area contributed by atoms with E-state index in [0.717, 1.165) is 5.56 Å². The summed E-state index contributed by atoms with van der Waals surface area (Å²) in [6, 6.07) is 10.8. The molecule has 1 aromatic heterocycles. The third kappa shape index (κ3) is 4.11. The van der Waals surface area contributed by atoms with Gasteiger partial charge in [0.15, 0.2) is 11.4 Å². The van der Waals surface area contributed by atoms with Gasteiger partial charge in [0.2, 0.25) is 0 Å². The Morgan fingerprint density at radius 2 is 1.83 bits per heavy atom. The lowest BCUT2D eigenvalue weighted by molar-refractivity contribution is -0.0546. The highest BCUT2D eigenvalue weighted by molar-refractivity contribution is 7.98. The summed E-state index contributed by atoms with van der Waals surface area (Å²) in [6.07, 6.45) is -4.31. The number of hydrogen-bond donors (Lipinski definition) is 3.